The van der Waals surface area contributed by atoms with Gasteiger partial charge in [0.05, 0.1) is 0 Å². The molecule has 1 aromatic heterocycles. The first-order valence-electron chi connectivity index (χ1n) is 11.3. The fourth-order valence-electron chi connectivity index (χ4n) is 5.88. The molecular formula is C26H31ClN2. The molecule has 0 bridgehead atoms. The van der Waals surface area contributed by atoms with Gasteiger partial charge in [-0.05, 0) is 85.9 Å². The van der Waals surface area contributed by atoms with Crippen molar-refractivity contribution < 1.29 is 0 Å². The lowest BCUT2D eigenvalue weighted by atomic mass is 9.85. The summed E-state index contributed by atoms with van der Waals surface area (Å²) in [5.74, 6) is 1.45. The highest BCUT2D eigenvalue weighted by atomic mass is 35.5. The van der Waals surface area contributed by atoms with Gasteiger partial charge >= 0.3 is 0 Å². The summed E-state index contributed by atoms with van der Waals surface area (Å²) >= 11 is 6.17. The zero-order valence-corrected chi connectivity index (χ0v) is 18.1. The summed E-state index contributed by atoms with van der Waals surface area (Å²) in [5.41, 5.74) is 5.83. The Morgan fingerprint density at radius 2 is 1.79 bits per heavy atom. The molecule has 2 aromatic carbocycles. The molecule has 5 rings (SSSR count). The fraction of sp³-hybridized carbons (Fsp3) is 0.462. The van der Waals surface area contributed by atoms with E-state index in [4.69, 9.17) is 11.6 Å². The van der Waals surface area contributed by atoms with Crippen molar-refractivity contribution in [2.24, 2.45) is 5.92 Å². The monoisotopic (exact) mass is 406 g/mol. The first-order valence-corrected chi connectivity index (χ1v) is 11.7. The smallest absolute Gasteiger partial charge is 0.0471 e. The van der Waals surface area contributed by atoms with E-state index < -0.39 is 0 Å². The van der Waals surface area contributed by atoms with Crippen LogP contribution in [0.5, 0.6) is 0 Å². The van der Waals surface area contributed by atoms with Crippen molar-refractivity contribution in [1.82, 2.24) is 9.88 Å². The van der Waals surface area contributed by atoms with Crippen LogP contribution in [0.15, 0.2) is 48.7 Å². The first-order chi connectivity index (χ1) is 14.2. The minimum atomic E-state index is 0.657. The van der Waals surface area contributed by atoms with Gasteiger partial charge < -0.3 is 9.88 Å². The summed E-state index contributed by atoms with van der Waals surface area (Å²) in [4.78, 5) is 6.26. The summed E-state index contributed by atoms with van der Waals surface area (Å²) in [6.07, 6.45) is 9.88. The standard InChI is InChI=1S/C26H31ClN2/c1-2-5-26(21-14-19-6-3-4-7-20(19)15-21)29-12-10-18(11-13-29)24-17-28-25-16-22(27)8-9-23(24)25/h3-4,6-9,16-18,21,26,28H,2,5,10-15H2,1H3. The van der Waals surface area contributed by atoms with Crippen LogP contribution in [0, 0.1) is 5.92 Å². The predicted molar refractivity (Wildman–Crippen MR) is 123 cm³/mol. The van der Waals surface area contributed by atoms with Crippen LogP contribution in [0.4, 0.5) is 0 Å². The number of aromatic amines is 1. The van der Waals surface area contributed by atoms with Crippen molar-refractivity contribution in [3.05, 3.63) is 70.4 Å². The number of hydrogen-bond acceptors (Lipinski definition) is 1. The number of rotatable bonds is 5. The van der Waals surface area contributed by atoms with Crippen molar-refractivity contribution in [3.8, 4) is 0 Å². The van der Waals surface area contributed by atoms with Gasteiger partial charge in [0.2, 0.25) is 0 Å². The largest absolute Gasteiger partial charge is 0.361 e. The number of likely N-dealkylation sites (tertiary alicyclic amines) is 1. The molecule has 3 aromatic rings. The second kappa shape index (κ2) is 8.16. The number of hydrogen-bond donors (Lipinski definition) is 1. The molecular weight excluding hydrogens is 376 g/mol. The van der Waals surface area contributed by atoms with Crippen LogP contribution in [0.1, 0.15) is 55.2 Å². The van der Waals surface area contributed by atoms with Crippen LogP contribution in [0.25, 0.3) is 10.9 Å². The highest BCUT2D eigenvalue weighted by Gasteiger charge is 2.34. The van der Waals surface area contributed by atoms with Crippen LogP contribution < -0.4 is 0 Å². The lowest BCUT2D eigenvalue weighted by molar-refractivity contribution is 0.103. The topological polar surface area (TPSA) is 19.0 Å². The lowest BCUT2D eigenvalue weighted by Crippen LogP contribution is -2.45. The summed E-state index contributed by atoms with van der Waals surface area (Å²) in [6.45, 7) is 4.80. The number of fused-ring (bicyclic) bond motifs is 2. The van der Waals surface area contributed by atoms with Crippen molar-refractivity contribution in [2.75, 3.05) is 13.1 Å². The molecule has 2 aliphatic rings. The zero-order chi connectivity index (χ0) is 19.8. The van der Waals surface area contributed by atoms with E-state index in [1.165, 1.54) is 68.1 Å². The van der Waals surface area contributed by atoms with Gasteiger partial charge in [0, 0.05) is 28.2 Å². The van der Waals surface area contributed by atoms with Crippen LogP contribution in [-0.4, -0.2) is 29.0 Å². The third kappa shape index (κ3) is 3.73. The van der Waals surface area contributed by atoms with Crippen LogP contribution >= 0.6 is 11.6 Å². The van der Waals surface area contributed by atoms with Crippen LogP contribution in [0.2, 0.25) is 5.02 Å². The molecule has 1 N–H and O–H groups in total. The number of halogens is 1. The molecule has 1 aliphatic heterocycles. The maximum Gasteiger partial charge on any atom is 0.0471 e. The molecule has 0 spiro atoms. The van der Waals surface area contributed by atoms with E-state index in [0.29, 0.717) is 5.92 Å². The molecule has 1 aliphatic carbocycles. The fourth-order valence-corrected chi connectivity index (χ4v) is 6.05. The van der Waals surface area contributed by atoms with Gasteiger partial charge in [-0.3, -0.25) is 0 Å². The van der Waals surface area contributed by atoms with Gasteiger partial charge in [-0.1, -0.05) is 55.3 Å². The van der Waals surface area contributed by atoms with Gasteiger partial charge in [0.1, 0.15) is 0 Å². The van der Waals surface area contributed by atoms with E-state index in [1.807, 2.05) is 12.1 Å². The molecule has 1 unspecified atom stereocenters. The van der Waals surface area contributed by atoms with Gasteiger partial charge in [-0.15, -0.1) is 0 Å². The Balaban J connectivity index is 1.28. The maximum absolute atomic E-state index is 6.17. The maximum atomic E-state index is 6.17. The van der Waals surface area contributed by atoms with Crippen molar-refractivity contribution in [2.45, 2.75) is 57.4 Å². The third-order valence-electron chi connectivity index (χ3n) is 7.33. The number of aromatic nitrogens is 1. The predicted octanol–water partition coefficient (Wildman–Crippen LogP) is 6.58. The van der Waals surface area contributed by atoms with E-state index in [2.05, 4.69) is 53.3 Å². The normalized spacial score (nSPS) is 19.7. The average molecular weight is 407 g/mol. The number of nitrogens with zero attached hydrogens (tertiary/aromatic N) is 1. The Morgan fingerprint density at radius 1 is 1.07 bits per heavy atom. The number of nitrogens with one attached hydrogen (secondary N) is 1. The Labute approximate surface area is 179 Å². The lowest BCUT2D eigenvalue weighted by Gasteiger charge is -2.40. The summed E-state index contributed by atoms with van der Waals surface area (Å²) in [5, 5.41) is 2.16. The number of piperidine rings is 1. The SMILES string of the molecule is CCCC(C1Cc2ccccc2C1)N1CCC(c2c[nH]c3cc(Cl)ccc23)CC1. The van der Waals surface area contributed by atoms with E-state index in [-0.39, 0.29) is 0 Å². The van der Waals surface area contributed by atoms with E-state index in [9.17, 15) is 0 Å². The Morgan fingerprint density at radius 3 is 2.48 bits per heavy atom. The Hall–Kier alpha value is -1.77. The zero-order valence-electron chi connectivity index (χ0n) is 17.3. The van der Waals surface area contributed by atoms with Crippen molar-refractivity contribution >= 4 is 22.5 Å². The molecule has 2 nitrogen and oxygen atoms in total. The Kier molecular flexibility index (Phi) is 5.41. The molecule has 0 radical (unpaired) electrons. The van der Waals surface area contributed by atoms with Gasteiger partial charge in [0.25, 0.3) is 0 Å². The van der Waals surface area contributed by atoms with E-state index in [1.54, 1.807) is 11.1 Å². The van der Waals surface area contributed by atoms with Crippen LogP contribution in [0.3, 0.4) is 0 Å². The van der Waals surface area contributed by atoms with Crippen molar-refractivity contribution in [3.63, 3.8) is 0 Å². The third-order valence-corrected chi connectivity index (χ3v) is 7.56. The number of H-pyrrole nitrogens is 1. The second-order valence-electron chi connectivity index (χ2n) is 9.04. The number of benzene rings is 2. The molecule has 3 heteroatoms. The molecule has 29 heavy (non-hydrogen) atoms. The highest BCUT2D eigenvalue weighted by Crippen LogP contribution is 2.38. The first kappa shape index (κ1) is 19.2. The molecule has 152 valence electrons. The Bertz CT molecular complexity index is 958. The molecule has 0 saturated carbocycles. The quantitative estimate of drug-likeness (QED) is 0.506. The summed E-state index contributed by atoms with van der Waals surface area (Å²) in [6, 6.07) is 16.1. The average Bonchev–Trinajstić information content (AvgIpc) is 3.36. The van der Waals surface area contributed by atoms with E-state index in [0.717, 1.165) is 17.0 Å². The van der Waals surface area contributed by atoms with Crippen LogP contribution in [-0.2, 0) is 12.8 Å². The van der Waals surface area contributed by atoms with Gasteiger partial charge in [-0.25, -0.2) is 0 Å². The highest BCUT2D eigenvalue weighted by molar-refractivity contribution is 6.31. The molecule has 2 heterocycles. The minimum absolute atomic E-state index is 0.657. The summed E-state index contributed by atoms with van der Waals surface area (Å²) in [7, 11) is 0. The minimum Gasteiger partial charge on any atom is -0.361 e. The van der Waals surface area contributed by atoms with Gasteiger partial charge in [-0.2, -0.15) is 0 Å². The molecule has 1 saturated heterocycles. The molecule has 1 atom stereocenters. The summed E-state index contributed by atoms with van der Waals surface area (Å²) < 4.78 is 0. The van der Waals surface area contributed by atoms with Gasteiger partial charge in [0.15, 0.2) is 0 Å². The molecule has 1 fully saturated rings. The molecule has 0 amide bonds. The van der Waals surface area contributed by atoms with Crippen molar-refractivity contribution in [1.29, 1.82) is 0 Å². The second-order valence-corrected chi connectivity index (χ2v) is 9.47. The van der Waals surface area contributed by atoms with E-state index >= 15 is 0 Å².